The number of hydrogen-bond acceptors (Lipinski definition) is 1. The molecule has 21 heavy (non-hydrogen) atoms. The molecule has 1 aliphatic carbocycles. The van der Waals surface area contributed by atoms with Crippen molar-refractivity contribution in [3.63, 3.8) is 0 Å². The third kappa shape index (κ3) is 3.66. The minimum Gasteiger partial charge on any atom is -0.303 e. The van der Waals surface area contributed by atoms with Crippen molar-refractivity contribution in [3.05, 3.63) is 70.2 Å². The van der Waals surface area contributed by atoms with Gasteiger partial charge in [-0.15, -0.1) is 0 Å². The third-order valence-corrected chi connectivity index (χ3v) is 4.55. The van der Waals surface area contributed by atoms with Gasteiger partial charge in [-0.05, 0) is 55.9 Å². The van der Waals surface area contributed by atoms with Gasteiger partial charge in [0.1, 0.15) is 0 Å². The lowest BCUT2D eigenvalue weighted by Gasteiger charge is -2.24. The van der Waals surface area contributed by atoms with E-state index in [1.54, 1.807) is 0 Å². The Balaban J connectivity index is 1.77. The van der Waals surface area contributed by atoms with Gasteiger partial charge in [0.15, 0.2) is 0 Å². The largest absolute Gasteiger partial charge is 0.303 e. The van der Waals surface area contributed by atoms with Gasteiger partial charge in [-0.3, -0.25) is 0 Å². The average molecular weight is 300 g/mol. The molecule has 3 rings (SSSR count). The maximum atomic E-state index is 6.01. The van der Waals surface area contributed by atoms with E-state index in [-0.39, 0.29) is 0 Å². The van der Waals surface area contributed by atoms with Gasteiger partial charge in [0, 0.05) is 17.1 Å². The Morgan fingerprint density at radius 1 is 1.05 bits per heavy atom. The molecule has 0 bridgehead atoms. The zero-order valence-corrected chi connectivity index (χ0v) is 13.4. The van der Waals surface area contributed by atoms with Gasteiger partial charge in [-0.2, -0.15) is 0 Å². The van der Waals surface area contributed by atoms with Crippen LogP contribution in [0.1, 0.15) is 48.5 Å². The zero-order chi connectivity index (χ0) is 14.8. The molecule has 2 aromatic carbocycles. The predicted octanol–water partition coefficient (Wildman–Crippen LogP) is 5.45. The van der Waals surface area contributed by atoms with Crippen molar-refractivity contribution in [2.24, 2.45) is 5.92 Å². The summed E-state index contributed by atoms with van der Waals surface area (Å²) >= 11 is 6.01. The van der Waals surface area contributed by atoms with Crippen LogP contribution in [0.15, 0.2) is 48.5 Å². The quantitative estimate of drug-likeness (QED) is 0.774. The number of nitrogens with one attached hydrogen (secondary N) is 1. The lowest BCUT2D eigenvalue weighted by Crippen LogP contribution is -2.26. The summed E-state index contributed by atoms with van der Waals surface area (Å²) in [6.45, 7) is 4.40. The van der Waals surface area contributed by atoms with Crippen molar-refractivity contribution >= 4 is 11.6 Å². The van der Waals surface area contributed by atoms with E-state index in [0.29, 0.717) is 12.1 Å². The van der Waals surface area contributed by atoms with Crippen LogP contribution in [0, 0.1) is 12.8 Å². The average Bonchev–Trinajstić information content (AvgIpc) is 3.30. The number of aryl methyl sites for hydroxylation is 1. The first kappa shape index (κ1) is 14.6. The van der Waals surface area contributed by atoms with Crippen LogP contribution in [0.3, 0.4) is 0 Å². The van der Waals surface area contributed by atoms with Gasteiger partial charge in [0.05, 0.1) is 0 Å². The van der Waals surface area contributed by atoms with Gasteiger partial charge < -0.3 is 5.32 Å². The molecule has 110 valence electrons. The van der Waals surface area contributed by atoms with Crippen LogP contribution in [-0.4, -0.2) is 0 Å². The van der Waals surface area contributed by atoms with Crippen LogP contribution in [0.5, 0.6) is 0 Å². The summed E-state index contributed by atoms with van der Waals surface area (Å²) in [5.74, 6) is 0.762. The fourth-order valence-electron chi connectivity index (χ4n) is 2.91. The van der Waals surface area contributed by atoms with Crippen molar-refractivity contribution in [3.8, 4) is 0 Å². The molecule has 0 aromatic heterocycles. The van der Waals surface area contributed by atoms with Crippen molar-refractivity contribution in [2.75, 3.05) is 0 Å². The summed E-state index contributed by atoms with van der Waals surface area (Å²) in [6, 6.07) is 17.8. The SMILES string of the molecule is Cc1cccc([C@@H](C)NC(c2ccc(Cl)cc2)C2CC2)c1. The summed E-state index contributed by atoms with van der Waals surface area (Å²) in [4.78, 5) is 0. The Morgan fingerprint density at radius 2 is 1.76 bits per heavy atom. The minimum atomic E-state index is 0.353. The summed E-state index contributed by atoms with van der Waals surface area (Å²) in [6.07, 6.45) is 2.64. The topological polar surface area (TPSA) is 12.0 Å². The summed E-state index contributed by atoms with van der Waals surface area (Å²) in [7, 11) is 0. The van der Waals surface area contributed by atoms with Crippen LogP contribution in [0.2, 0.25) is 5.02 Å². The van der Waals surface area contributed by atoms with E-state index in [1.165, 1.54) is 29.5 Å². The Morgan fingerprint density at radius 3 is 2.38 bits per heavy atom. The molecule has 1 unspecified atom stereocenters. The molecule has 2 heteroatoms. The molecule has 0 radical (unpaired) electrons. The molecule has 0 spiro atoms. The first-order chi connectivity index (χ1) is 10.1. The maximum Gasteiger partial charge on any atom is 0.0406 e. The van der Waals surface area contributed by atoms with Crippen LogP contribution >= 0.6 is 11.6 Å². The molecule has 1 saturated carbocycles. The van der Waals surface area contributed by atoms with E-state index >= 15 is 0 Å². The van der Waals surface area contributed by atoms with Gasteiger partial charge in [0.25, 0.3) is 0 Å². The molecule has 2 aromatic rings. The van der Waals surface area contributed by atoms with Crippen molar-refractivity contribution < 1.29 is 0 Å². The molecule has 0 heterocycles. The van der Waals surface area contributed by atoms with E-state index < -0.39 is 0 Å². The van der Waals surface area contributed by atoms with Gasteiger partial charge in [-0.1, -0.05) is 53.6 Å². The lowest BCUT2D eigenvalue weighted by molar-refractivity contribution is 0.427. The van der Waals surface area contributed by atoms with E-state index in [4.69, 9.17) is 11.6 Å². The normalized spacial score (nSPS) is 17.5. The fraction of sp³-hybridized carbons (Fsp3) is 0.368. The number of hydrogen-bond donors (Lipinski definition) is 1. The zero-order valence-electron chi connectivity index (χ0n) is 12.6. The van der Waals surface area contributed by atoms with Crippen molar-refractivity contribution in [1.82, 2.24) is 5.32 Å². The molecule has 0 aliphatic heterocycles. The van der Waals surface area contributed by atoms with Crippen LogP contribution in [0.4, 0.5) is 0 Å². The van der Waals surface area contributed by atoms with Crippen molar-refractivity contribution in [2.45, 2.75) is 38.8 Å². The Labute approximate surface area is 132 Å². The molecule has 0 saturated heterocycles. The molecule has 1 N–H and O–H groups in total. The Kier molecular flexibility index (Phi) is 4.32. The predicted molar refractivity (Wildman–Crippen MR) is 89.6 cm³/mol. The highest BCUT2D eigenvalue weighted by atomic mass is 35.5. The smallest absolute Gasteiger partial charge is 0.0406 e. The molecule has 1 nitrogen and oxygen atoms in total. The van der Waals surface area contributed by atoms with Crippen LogP contribution in [-0.2, 0) is 0 Å². The van der Waals surface area contributed by atoms with Gasteiger partial charge in [-0.25, -0.2) is 0 Å². The highest BCUT2D eigenvalue weighted by molar-refractivity contribution is 6.30. The molecule has 2 atom stereocenters. The fourth-order valence-corrected chi connectivity index (χ4v) is 3.04. The molecule has 0 amide bonds. The lowest BCUT2D eigenvalue weighted by atomic mass is 9.99. The van der Waals surface area contributed by atoms with Crippen LogP contribution in [0.25, 0.3) is 0 Å². The number of halogens is 1. The van der Waals surface area contributed by atoms with E-state index in [1.807, 2.05) is 12.1 Å². The second kappa shape index (κ2) is 6.21. The Hall–Kier alpha value is -1.31. The summed E-state index contributed by atoms with van der Waals surface area (Å²) in [5.41, 5.74) is 4.02. The Bertz CT molecular complexity index is 601. The number of benzene rings is 2. The minimum absolute atomic E-state index is 0.353. The molecular formula is C19H22ClN. The van der Waals surface area contributed by atoms with Crippen LogP contribution < -0.4 is 5.32 Å². The van der Waals surface area contributed by atoms with E-state index in [9.17, 15) is 0 Å². The highest BCUT2D eigenvalue weighted by Crippen LogP contribution is 2.42. The first-order valence-corrected chi connectivity index (χ1v) is 8.09. The third-order valence-electron chi connectivity index (χ3n) is 4.29. The van der Waals surface area contributed by atoms with Crippen molar-refractivity contribution in [1.29, 1.82) is 0 Å². The van der Waals surface area contributed by atoms with E-state index in [0.717, 1.165) is 10.9 Å². The second-order valence-corrected chi connectivity index (χ2v) is 6.61. The highest BCUT2D eigenvalue weighted by Gasteiger charge is 2.33. The molecule has 1 aliphatic rings. The van der Waals surface area contributed by atoms with Gasteiger partial charge in [0.2, 0.25) is 0 Å². The number of rotatable bonds is 5. The standard InChI is InChI=1S/C19H22ClN/c1-13-4-3-5-17(12-13)14(2)21-19(15-6-7-15)16-8-10-18(20)11-9-16/h3-5,8-12,14-15,19,21H,6-7H2,1-2H3/t14-,19?/m1/s1. The first-order valence-electron chi connectivity index (χ1n) is 7.71. The second-order valence-electron chi connectivity index (χ2n) is 6.17. The van der Waals surface area contributed by atoms with E-state index in [2.05, 4.69) is 55.6 Å². The maximum absolute atomic E-state index is 6.01. The monoisotopic (exact) mass is 299 g/mol. The summed E-state index contributed by atoms with van der Waals surface area (Å²) in [5, 5.41) is 4.62. The molecule has 1 fully saturated rings. The van der Waals surface area contributed by atoms with Gasteiger partial charge >= 0.3 is 0 Å². The summed E-state index contributed by atoms with van der Waals surface area (Å²) < 4.78 is 0. The molecular weight excluding hydrogens is 278 g/mol.